The van der Waals surface area contributed by atoms with E-state index in [4.69, 9.17) is 4.99 Å². The van der Waals surface area contributed by atoms with Crippen LogP contribution in [0.5, 0.6) is 0 Å². The maximum absolute atomic E-state index is 4.86. The first-order valence-electron chi connectivity index (χ1n) is 9.37. The summed E-state index contributed by atoms with van der Waals surface area (Å²) in [6.45, 7) is 13.1. The van der Waals surface area contributed by atoms with Crippen molar-refractivity contribution in [3.8, 4) is 0 Å². The fourth-order valence-corrected chi connectivity index (χ4v) is 4.38. The number of thiophene rings is 1. The standard InChI is InChI=1S/C19H31N5S2/c1-5-20-19(21-10-8-18-22-12-15(4)26-18)23-13-17(24(6-2)7-3)16-9-11-25-14-16/h9,11-12,14,17H,5-8,10,13H2,1-4H3,(H2,20,21,23). The van der Waals surface area contributed by atoms with Gasteiger partial charge in [-0.05, 0) is 49.3 Å². The van der Waals surface area contributed by atoms with Crippen LogP contribution in [0.15, 0.2) is 28.0 Å². The molecule has 0 aliphatic carbocycles. The maximum Gasteiger partial charge on any atom is 0.191 e. The Morgan fingerprint density at radius 2 is 2.08 bits per heavy atom. The summed E-state index contributed by atoms with van der Waals surface area (Å²) in [5.41, 5.74) is 1.36. The molecule has 2 rings (SSSR count). The zero-order valence-corrected chi connectivity index (χ0v) is 17.9. The molecule has 0 aromatic carbocycles. The van der Waals surface area contributed by atoms with Crippen LogP contribution in [0.2, 0.25) is 0 Å². The monoisotopic (exact) mass is 393 g/mol. The van der Waals surface area contributed by atoms with Gasteiger partial charge in [0, 0.05) is 30.6 Å². The van der Waals surface area contributed by atoms with Crippen LogP contribution in [-0.2, 0) is 6.42 Å². The molecule has 0 saturated heterocycles. The molecule has 0 radical (unpaired) electrons. The van der Waals surface area contributed by atoms with Crippen molar-refractivity contribution in [1.29, 1.82) is 0 Å². The molecule has 0 aliphatic rings. The molecule has 2 aromatic heterocycles. The maximum atomic E-state index is 4.86. The van der Waals surface area contributed by atoms with Gasteiger partial charge < -0.3 is 10.6 Å². The van der Waals surface area contributed by atoms with Crippen molar-refractivity contribution < 1.29 is 0 Å². The summed E-state index contributed by atoms with van der Waals surface area (Å²) in [5, 5.41) is 12.4. The highest BCUT2D eigenvalue weighted by Crippen LogP contribution is 2.23. The average Bonchev–Trinajstić information content (AvgIpc) is 3.30. The molecule has 2 N–H and O–H groups in total. The number of thiazole rings is 1. The summed E-state index contributed by atoms with van der Waals surface area (Å²) in [4.78, 5) is 13.0. The molecule has 0 spiro atoms. The minimum Gasteiger partial charge on any atom is -0.357 e. The fraction of sp³-hybridized carbons (Fsp3) is 0.579. The second-order valence-electron chi connectivity index (χ2n) is 6.05. The van der Waals surface area contributed by atoms with E-state index in [1.54, 1.807) is 22.7 Å². The third-order valence-corrected chi connectivity index (χ3v) is 5.92. The number of aryl methyl sites for hydroxylation is 1. The SMILES string of the molecule is CCNC(=NCC(c1ccsc1)N(CC)CC)NCCc1ncc(C)s1. The number of rotatable bonds is 10. The number of hydrogen-bond acceptors (Lipinski definition) is 5. The topological polar surface area (TPSA) is 52.6 Å². The van der Waals surface area contributed by atoms with E-state index in [-0.39, 0.29) is 0 Å². The van der Waals surface area contributed by atoms with E-state index >= 15 is 0 Å². The molecule has 0 aliphatic heterocycles. The molecular weight excluding hydrogens is 362 g/mol. The summed E-state index contributed by atoms with van der Waals surface area (Å²) >= 11 is 3.51. The van der Waals surface area contributed by atoms with Crippen molar-refractivity contribution in [2.24, 2.45) is 4.99 Å². The summed E-state index contributed by atoms with van der Waals surface area (Å²) in [5.74, 6) is 0.883. The molecule has 0 bridgehead atoms. The third kappa shape index (κ3) is 6.37. The van der Waals surface area contributed by atoms with Gasteiger partial charge in [-0.3, -0.25) is 9.89 Å². The minimum atomic E-state index is 0.327. The first-order chi connectivity index (χ1) is 12.7. The summed E-state index contributed by atoms with van der Waals surface area (Å²) in [6.07, 6.45) is 2.86. The lowest BCUT2D eigenvalue weighted by atomic mass is 10.1. The van der Waals surface area contributed by atoms with Gasteiger partial charge in [-0.25, -0.2) is 4.98 Å². The van der Waals surface area contributed by atoms with Crippen LogP contribution in [0.1, 0.15) is 42.3 Å². The molecule has 2 aromatic rings. The smallest absolute Gasteiger partial charge is 0.191 e. The molecule has 1 atom stereocenters. The van der Waals surface area contributed by atoms with E-state index in [1.807, 2.05) is 6.20 Å². The van der Waals surface area contributed by atoms with Gasteiger partial charge in [0.1, 0.15) is 0 Å². The lowest BCUT2D eigenvalue weighted by molar-refractivity contribution is 0.224. The Bertz CT molecular complexity index is 647. The van der Waals surface area contributed by atoms with Crippen molar-refractivity contribution in [2.45, 2.75) is 40.2 Å². The zero-order chi connectivity index (χ0) is 18.8. The van der Waals surface area contributed by atoms with E-state index in [2.05, 4.69) is 65.0 Å². The lowest BCUT2D eigenvalue weighted by Crippen LogP contribution is -2.39. The third-order valence-electron chi connectivity index (χ3n) is 4.25. The second kappa shape index (κ2) is 11.3. The van der Waals surface area contributed by atoms with Crippen molar-refractivity contribution in [3.63, 3.8) is 0 Å². The van der Waals surface area contributed by atoms with Gasteiger partial charge in [0.05, 0.1) is 17.6 Å². The fourth-order valence-electron chi connectivity index (χ4n) is 2.89. The van der Waals surface area contributed by atoms with Gasteiger partial charge >= 0.3 is 0 Å². The quantitative estimate of drug-likeness (QED) is 0.477. The summed E-state index contributed by atoms with van der Waals surface area (Å²) in [7, 11) is 0. The molecule has 7 heteroatoms. The van der Waals surface area contributed by atoms with Crippen LogP contribution in [-0.4, -0.2) is 48.6 Å². The molecule has 144 valence electrons. The Morgan fingerprint density at radius 3 is 2.65 bits per heavy atom. The molecular formula is C19H31N5S2. The molecule has 0 saturated carbocycles. The van der Waals surface area contributed by atoms with Crippen LogP contribution in [0, 0.1) is 6.92 Å². The number of nitrogens with one attached hydrogen (secondary N) is 2. The molecule has 2 heterocycles. The van der Waals surface area contributed by atoms with Gasteiger partial charge in [0.15, 0.2) is 5.96 Å². The Kier molecular flexibility index (Phi) is 9.08. The number of nitrogens with zero attached hydrogens (tertiary/aromatic N) is 3. The highest BCUT2D eigenvalue weighted by molar-refractivity contribution is 7.11. The van der Waals surface area contributed by atoms with Gasteiger partial charge in [-0.15, -0.1) is 11.3 Å². The van der Waals surface area contributed by atoms with Gasteiger partial charge in [0.2, 0.25) is 0 Å². The van der Waals surface area contributed by atoms with E-state index in [9.17, 15) is 0 Å². The molecule has 5 nitrogen and oxygen atoms in total. The number of aromatic nitrogens is 1. The first-order valence-corrected chi connectivity index (χ1v) is 11.1. The van der Waals surface area contributed by atoms with E-state index in [1.165, 1.54) is 15.4 Å². The van der Waals surface area contributed by atoms with Crippen molar-refractivity contribution >= 4 is 28.6 Å². The highest BCUT2D eigenvalue weighted by Gasteiger charge is 2.18. The van der Waals surface area contributed by atoms with Crippen molar-refractivity contribution in [3.05, 3.63) is 38.5 Å². The number of aliphatic imine (C=N–C) groups is 1. The molecule has 0 amide bonds. The van der Waals surface area contributed by atoms with Gasteiger partial charge in [0.25, 0.3) is 0 Å². The van der Waals surface area contributed by atoms with E-state index < -0.39 is 0 Å². The van der Waals surface area contributed by atoms with Crippen LogP contribution >= 0.6 is 22.7 Å². The van der Waals surface area contributed by atoms with Gasteiger partial charge in [-0.1, -0.05) is 13.8 Å². The van der Waals surface area contributed by atoms with Gasteiger partial charge in [-0.2, -0.15) is 11.3 Å². The number of hydrogen-bond donors (Lipinski definition) is 2. The first kappa shape index (κ1) is 20.9. The predicted molar refractivity (Wildman–Crippen MR) is 115 cm³/mol. The van der Waals surface area contributed by atoms with Crippen LogP contribution in [0.3, 0.4) is 0 Å². The summed E-state index contributed by atoms with van der Waals surface area (Å²) < 4.78 is 0. The number of guanidine groups is 1. The minimum absolute atomic E-state index is 0.327. The molecule has 1 unspecified atom stereocenters. The molecule has 26 heavy (non-hydrogen) atoms. The van der Waals surface area contributed by atoms with Crippen LogP contribution in [0.4, 0.5) is 0 Å². The van der Waals surface area contributed by atoms with Crippen molar-refractivity contribution in [1.82, 2.24) is 20.5 Å². The second-order valence-corrected chi connectivity index (χ2v) is 8.15. The van der Waals surface area contributed by atoms with E-state index in [0.29, 0.717) is 6.04 Å². The van der Waals surface area contributed by atoms with Crippen molar-refractivity contribution in [2.75, 3.05) is 32.7 Å². The number of likely N-dealkylation sites (N-methyl/N-ethyl adjacent to an activating group) is 1. The Morgan fingerprint density at radius 1 is 1.27 bits per heavy atom. The summed E-state index contributed by atoms with van der Waals surface area (Å²) in [6, 6.07) is 2.54. The Labute approximate surface area is 165 Å². The Balaban J connectivity index is 1.98. The largest absolute Gasteiger partial charge is 0.357 e. The zero-order valence-electron chi connectivity index (χ0n) is 16.3. The normalized spacial score (nSPS) is 13.2. The lowest BCUT2D eigenvalue weighted by Gasteiger charge is -2.28. The van der Waals surface area contributed by atoms with E-state index in [0.717, 1.165) is 45.1 Å². The predicted octanol–water partition coefficient (Wildman–Crippen LogP) is 3.69. The highest BCUT2D eigenvalue weighted by atomic mass is 32.1. The average molecular weight is 394 g/mol. The Hall–Kier alpha value is -1.44. The molecule has 0 fully saturated rings. The van der Waals surface area contributed by atoms with Crippen LogP contribution < -0.4 is 10.6 Å². The van der Waals surface area contributed by atoms with Crippen LogP contribution in [0.25, 0.3) is 0 Å².